The maximum Gasteiger partial charge on any atom is 0.418 e. The fourth-order valence-electron chi connectivity index (χ4n) is 3.90. The summed E-state index contributed by atoms with van der Waals surface area (Å²) in [7, 11) is -4.21. The fraction of sp³-hybridized carbons (Fsp3) is 0.350. The summed E-state index contributed by atoms with van der Waals surface area (Å²) in [4.78, 5) is 14.1. The highest BCUT2D eigenvalue weighted by Gasteiger charge is 2.44. The molecule has 0 aromatic heterocycles. The second-order valence-corrected chi connectivity index (χ2v) is 9.51. The molecule has 0 radical (unpaired) electrons. The van der Waals surface area contributed by atoms with Crippen molar-refractivity contribution in [2.45, 2.75) is 43.2 Å². The fourth-order valence-corrected chi connectivity index (χ4v) is 5.27. The van der Waals surface area contributed by atoms with Crippen molar-refractivity contribution >= 4 is 33.2 Å². The van der Waals surface area contributed by atoms with Gasteiger partial charge in [-0.1, -0.05) is 36.6 Å². The number of hydrogen-bond donors (Lipinski definition) is 1. The molecule has 31 heavy (non-hydrogen) atoms. The van der Waals surface area contributed by atoms with E-state index in [1.807, 2.05) is 0 Å². The minimum Gasteiger partial charge on any atom is -0.303 e. The van der Waals surface area contributed by atoms with E-state index in [0.29, 0.717) is 23.8 Å². The number of amides is 1. The maximum absolute atomic E-state index is 14.4. The Morgan fingerprint density at radius 3 is 2.35 bits per heavy atom. The number of sulfonamides is 1. The summed E-state index contributed by atoms with van der Waals surface area (Å²) >= 11 is 5.76. The zero-order valence-electron chi connectivity index (χ0n) is 16.1. The number of benzene rings is 2. The number of carbonyl (C=O) groups excluding carboxylic acids is 1. The Balaban J connectivity index is 2.26. The lowest BCUT2D eigenvalue weighted by Crippen LogP contribution is -2.53. The molecular weight excluding hydrogens is 460 g/mol. The first-order valence-corrected chi connectivity index (χ1v) is 11.4. The molecule has 168 valence electrons. The number of anilines is 1. The van der Waals surface area contributed by atoms with Crippen LogP contribution in [-0.4, -0.2) is 25.6 Å². The van der Waals surface area contributed by atoms with Gasteiger partial charge in [0.1, 0.15) is 5.82 Å². The van der Waals surface area contributed by atoms with Crippen molar-refractivity contribution in [2.75, 3.05) is 4.90 Å². The first-order valence-electron chi connectivity index (χ1n) is 9.37. The van der Waals surface area contributed by atoms with Gasteiger partial charge in [0.2, 0.25) is 10.0 Å². The predicted octanol–water partition coefficient (Wildman–Crippen LogP) is 4.74. The van der Waals surface area contributed by atoms with Crippen LogP contribution in [0.25, 0.3) is 0 Å². The molecule has 5 nitrogen and oxygen atoms in total. The highest BCUT2D eigenvalue weighted by Crippen LogP contribution is 2.41. The summed E-state index contributed by atoms with van der Waals surface area (Å²) in [6, 6.07) is 6.39. The van der Waals surface area contributed by atoms with E-state index in [1.165, 1.54) is 12.1 Å². The highest BCUT2D eigenvalue weighted by atomic mass is 35.5. The number of hydrogen-bond acceptors (Lipinski definition) is 3. The van der Waals surface area contributed by atoms with Gasteiger partial charge in [-0.2, -0.15) is 13.2 Å². The number of halogens is 5. The largest absolute Gasteiger partial charge is 0.418 e. The van der Waals surface area contributed by atoms with Gasteiger partial charge >= 0.3 is 6.18 Å². The van der Waals surface area contributed by atoms with Crippen LogP contribution in [0.2, 0.25) is 5.02 Å². The van der Waals surface area contributed by atoms with Crippen molar-refractivity contribution in [2.24, 2.45) is 5.14 Å². The SMILES string of the molecule is NS(=O)(=O)C1CCCCC1N(C(=O)c1ccccc1F)c1ccc(Cl)cc1C(F)(F)F. The normalized spacial score (nSPS) is 19.8. The Morgan fingerprint density at radius 1 is 1.10 bits per heavy atom. The summed E-state index contributed by atoms with van der Waals surface area (Å²) in [6.45, 7) is 0. The summed E-state index contributed by atoms with van der Waals surface area (Å²) in [5.41, 5.74) is -2.32. The van der Waals surface area contributed by atoms with Crippen LogP contribution in [0, 0.1) is 5.82 Å². The molecule has 0 spiro atoms. The molecule has 0 aliphatic heterocycles. The molecule has 2 aromatic rings. The second-order valence-electron chi connectivity index (χ2n) is 7.29. The third kappa shape index (κ3) is 5.02. The number of rotatable bonds is 4. The summed E-state index contributed by atoms with van der Waals surface area (Å²) < 4.78 is 80.3. The van der Waals surface area contributed by atoms with E-state index in [0.717, 1.165) is 24.3 Å². The molecule has 11 heteroatoms. The lowest BCUT2D eigenvalue weighted by molar-refractivity contribution is -0.137. The Bertz CT molecular complexity index is 1090. The zero-order chi connectivity index (χ0) is 23.0. The Hall–Kier alpha value is -2.17. The standard InChI is InChI=1S/C20H19ClF4N2O3S/c21-12-9-10-16(14(11-12)20(23,24)25)27(19(28)13-5-1-2-6-15(13)22)17-7-3-4-8-18(17)31(26,29)30/h1-2,5-6,9-11,17-18H,3-4,7-8H2,(H2,26,29,30). The molecule has 0 saturated heterocycles. The van der Waals surface area contributed by atoms with Crippen LogP contribution in [0.4, 0.5) is 23.2 Å². The van der Waals surface area contributed by atoms with E-state index < -0.39 is 56.0 Å². The summed E-state index contributed by atoms with van der Waals surface area (Å²) in [5.74, 6) is -2.03. The predicted molar refractivity (Wildman–Crippen MR) is 109 cm³/mol. The number of nitrogens with zero attached hydrogens (tertiary/aromatic N) is 1. The van der Waals surface area contributed by atoms with Gasteiger partial charge in [0.15, 0.2) is 0 Å². The Kier molecular flexibility index (Phi) is 6.64. The smallest absolute Gasteiger partial charge is 0.303 e. The number of nitrogens with two attached hydrogens (primary N) is 1. The summed E-state index contributed by atoms with van der Waals surface area (Å²) in [6.07, 6.45) is -3.81. The van der Waals surface area contributed by atoms with Crippen molar-refractivity contribution in [1.82, 2.24) is 0 Å². The number of carbonyl (C=O) groups is 1. The monoisotopic (exact) mass is 478 g/mol. The maximum atomic E-state index is 14.4. The number of alkyl halides is 3. The van der Waals surface area contributed by atoms with Crippen LogP contribution in [0.1, 0.15) is 41.6 Å². The molecule has 1 amide bonds. The zero-order valence-corrected chi connectivity index (χ0v) is 17.6. The van der Waals surface area contributed by atoms with E-state index in [4.69, 9.17) is 16.7 Å². The van der Waals surface area contributed by atoms with Gasteiger partial charge in [-0.25, -0.2) is 17.9 Å². The Morgan fingerprint density at radius 2 is 1.74 bits per heavy atom. The van der Waals surface area contributed by atoms with Crippen molar-refractivity contribution in [3.63, 3.8) is 0 Å². The third-order valence-electron chi connectivity index (χ3n) is 5.27. The molecule has 2 unspecified atom stereocenters. The average Bonchev–Trinajstić information content (AvgIpc) is 2.68. The lowest BCUT2D eigenvalue weighted by Gasteiger charge is -2.40. The van der Waals surface area contributed by atoms with Crippen molar-refractivity contribution in [1.29, 1.82) is 0 Å². The van der Waals surface area contributed by atoms with Crippen LogP contribution >= 0.6 is 11.6 Å². The quantitative estimate of drug-likeness (QED) is 0.644. The van der Waals surface area contributed by atoms with E-state index in [-0.39, 0.29) is 17.9 Å². The van der Waals surface area contributed by atoms with Gasteiger partial charge in [0, 0.05) is 5.02 Å². The minimum absolute atomic E-state index is 0.0689. The molecule has 1 saturated carbocycles. The van der Waals surface area contributed by atoms with Crippen LogP contribution in [0.15, 0.2) is 42.5 Å². The molecule has 1 aliphatic carbocycles. The molecule has 2 aromatic carbocycles. The second kappa shape index (κ2) is 8.76. The summed E-state index contributed by atoms with van der Waals surface area (Å²) in [5, 5.41) is 3.83. The molecular formula is C20H19ClF4N2O3S. The van der Waals surface area contributed by atoms with Crippen LogP contribution in [-0.2, 0) is 16.2 Å². The van der Waals surface area contributed by atoms with E-state index in [1.54, 1.807) is 0 Å². The number of primary sulfonamides is 1. The van der Waals surface area contributed by atoms with Crippen LogP contribution < -0.4 is 10.0 Å². The third-order valence-corrected chi connectivity index (χ3v) is 6.90. The van der Waals surface area contributed by atoms with E-state index in [9.17, 15) is 30.8 Å². The van der Waals surface area contributed by atoms with Gasteiger partial charge in [0.25, 0.3) is 5.91 Å². The average molecular weight is 479 g/mol. The van der Waals surface area contributed by atoms with Gasteiger partial charge in [-0.05, 0) is 43.2 Å². The first-order chi connectivity index (χ1) is 14.4. The van der Waals surface area contributed by atoms with Crippen molar-refractivity contribution < 1.29 is 30.8 Å². The molecule has 2 atom stereocenters. The van der Waals surface area contributed by atoms with Crippen molar-refractivity contribution in [3.8, 4) is 0 Å². The molecule has 1 aliphatic rings. The highest BCUT2D eigenvalue weighted by molar-refractivity contribution is 7.89. The molecule has 1 fully saturated rings. The molecule has 0 bridgehead atoms. The first kappa shape index (κ1) is 23.5. The lowest BCUT2D eigenvalue weighted by atomic mass is 9.92. The van der Waals surface area contributed by atoms with Gasteiger partial charge in [-0.3, -0.25) is 4.79 Å². The van der Waals surface area contributed by atoms with Crippen molar-refractivity contribution in [3.05, 3.63) is 64.4 Å². The molecule has 0 heterocycles. The van der Waals surface area contributed by atoms with Gasteiger partial charge in [0.05, 0.1) is 28.1 Å². The molecule has 2 N–H and O–H groups in total. The van der Waals surface area contributed by atoms with E-state index >= 15 is 0 Å². The van der Waals surface area contributed by atoms with Gasteiger partial charge < -0.3 is 4.90 Å². The topological polar surface area (TPSA) is 80.5 Å². The van der Waals surface area contributed by atoms with E-state index in [2.05, 4.69) is 0 Å². The van der Waals surface area contributed by atoms with Crippen LogP contribution in [0.3, 0.4) is 0 Å². The Labute approximate surface area is 181 Å². The van der Waals surface area contributed by atoms with Crippen LogP contribution in [0.5, 0.6) is 0 Å². The molecule has 3 rings (SSSR count). The minimum atomic E-state index is -4.90. The van der Waals surface area contributed by atoms with Gasteiger partial charge in [-0.15, -0.1) is 0 Å².